The fraction of sp³-hybridized carbons (Fsp3) is 0.200. The average Bonchev–Trinajstić information content (AvgIpc) is 3.02. The molecule has 0 amide bonds. The summed E-state index contributed by atoms with van der Waals surface area (Å²) in [6.07, 6.45) is 1.71. The van der Waals surface area contributed by atoms with Crippen LogP contribution in [0.5, 0.6) is 11.5 Å². The first-order valence-electron chi connectivity index (χ1n) is 8.27. The summed E-state index contributed by atoms with van der Waals surface area (Å²) in [6, 6.07) is 12.5. The Morgan fingerprint density at radius 3 is 2.69 bits per heavy atom. The van der Waals surface area contributed by atoms with Crippen LogP contribution in [0.25, 0.3) is 10.9 Å². The van der Waals surface area contributed by atoms with Gasteiger partial charge in [-0.2, -0.15) is 0 Å². The maximum Gasteiger partial charge on any atom is 0.340 e. The summed E-state index contributed by atoms with van der Waals surface area (Å²) in [5.74, 6) is 0.325. The molecule has 0 saturated carbocycles. The summed E-state index contributed by atoms with van der Waals surface area (Å²) in [5, 5.41) is 0.798. The molecule has 1 aromatic heterocycles. The van der Waals surface area contributed by atoms with Crippen molar-refractivity contribution in [3.63, 3.8) is 0 Å². The highest BCUT2D eigenvalue weighted by atomic mass is 16.6. The van der Waals surface area contributed by atoms with E-state index in [0.717, 1.165) is 10.9 Å². The Bertz CT molecular complexity index is 1000. The molecular formula is C20H17NO5. The number of carbonyl (C=O) groups is 2. The van der Waals surface area contributed by atoms with Crippen LogP contribution in [-0.2, 0) is 11.8 Å². The van der Waals surface area contributed by atoms with Gasteiger partial charge in [0.1, 0.15) is 13.2 Å². The Morgan fingerprint density at radius 1 is 1.08 bits per heavy atom. The van der Waals surface area contributed by atoms with Gasteiger partial charge in [0.05, 0.1) is 5.56 Å². The van der Waals surface area contributed by atoms with E-state index >= 15 is 0 Å². The lowest BCUT2D eigenvalue weighted by molar-refractivity contribution is 0.0476. The van der Waals surface area contributed by atoms with Gasteiger partial charge >= 0.3 is 5.97 Å². The van der Waals surface area contributed by atoms with Gasteiger partial charge in [0, 0.05) is 29.7 Å². The molecule has 0 radical (unpaired) electrons. The molecule has 1 aliphatic heterocycles. The summed E-state index contributed by atoms with van der Waals surface area (Å²) in [4.78, 5) is 24.8. The molecule has 26 heavy (non-hydrogen) atoms. The second kappa shape index (κ2) is 6.55. The third kappa shape index (κ3) is 2.90. The number of esters is 1. The first-order chi connectivity index (χ1) is 12.6. The number of para-hydroxylation sites is 1. The van der Waals surface area contributed by atoms with Crippen LogP contribution in [0.15, 0.2) is 48.7 Å². The van der Waals surface area contributed by atoms with E-state index in [1.807, 2.05) is 35.9 Å². The fourth-order valence-corrected chi connectivity index (χ4v) is 3.01. The van der Waals surface area contributed by atoms with Crippen molar-refractivity contribution >= 4 is 22.7 Å². The molecule has 6 heteroatoms. The number of ether oxygens (including phenoxy) is 3. The number of carbonyl (C=O) groups excluding carboxylic acids is 2. The molecule has 0 aliphatic carbocycles. The second-order valence-corrected chi connectivity index (χ2v) is 6.03. The lowest BCUT2D eigenvalue weighted by atomic mass is 10.1. The molecule has 1 aliphatic rings. The summed E-state index contributed by atoms with van der Waals surface area (Å²) in [6.45, 7) is 0.603. The molecule has 0 N–H and O–H groups in total. The predicted octanol–water partition coefficient (Wildman–Crippen LogP) is 2.99. The van der Waals surface area contributed by atoms with Crippen molar-refractivity contribution in [3.05, 3.63) is 59.8 Å². The first kappa shape index (κ1) is 16.2. The van der Waals surface area contributed by atoms with Crippen LogP contribution >= 0.6 is 0 Å². The Hall–Kier alpha value is -3.28. The monoisotopic (exact) mass is 351 g/mol. The number of ketones is 1. The number of aryl methyl sites for hydroxylation is 1. The minimum absolute atomic E-state index is 0.296. The van der Waals surface area contributed by atoms with Crippen molar-refractivity contribution in [2.75, 3.05) is 19.8 Å². The minimum atomic E-state index is -0.521. The third-order valence-electron chi connectivity index (χ3n) is 4.32. The lowest BCUT2D eigenvalue weighted by Crippen LogP contribution is -2.17. The number of hydrogen-bond donors (Lipinski definition) is 0. The van der Waals surface area contributed by atoms with Crippen LogP contribution in [0.2, 0.25) is 0 Å². The number of hydrogen-bond acceptors (Lipinski definition) is 5. The summed E-state index contributed by atoms with van der Waals surface area (Å²) >= 11 is 0. The fourth-order valence-electron chi connectivity index (χ4n) is 3.01. The van der Waals surface area contributed by atoms with Gasteiger partial charge in [0.2, 0.25) is 0 Å². The lowest BCUT2D eigenvalue weighted by Gasteiger charge is -2.18. The maximum atomic E-state index is 12.4. The average molecular weight is 351 g/mol. The van der Waals surface area contributed by atoms with Gasteiger partial charge in [-0.15, -0.1) is 0 Å². The van der Waals surface area contributed by atoms with E-state index in [0.29, 0.717) is 35.8 Å². The topological polar surface area (TPSA) is 66.8 Å². The molecule has 0 bridgehead atoms. The van der Waals surface area contributed by atoms with Crippen LogP contribution in [0.4, 0.5) is 0 Å². The number of aromatic nitrogens is 1. The maximum absolute atomic E-state index is 12.4. The highest BCUT2D eigenvalue weighted by Gasteiger charge is 2.19. The van der Waals surface area contributed by atoms with Crippen molar-refractivity contribution in [3.8, 4) is 11.5 Å². The van der Waals surface area contributed by atoms with Crippen molar-refractivity contribution < 1.29 is 23.8 Å². The van der Waals surface area contributed by atoms with Gasteiger partial charge in [-0.05, 0) is 24.3 Å². The highest BCUT2D eigenvalue weighted by Crippen LogP contribution is 2.31. The van der Waals surface area contributed by atoms with Crippen LogP contribution in [-0.4, -0.2) is 36.1 Å². The molecule has 0 unspecified atom stereocenters. The number of nitrogens with zero attached hydrogens (tertiary/aromatic N) is 1. The molecule has 0 spiro atoms. The molecular weight excluding hydrogens is 334 g/mol. The van der Waals surface area contributed by atoms with Crippen LogP contribution in [0.1, 0.15) is 20.7 Å². The highest BCUT2D eigenvalue weighted by molar-refractivity contribution is 6.06. The molecule has 4 rings (SSSR count). The smallest absolute Gasteiger partial charge is 0.340 e. The third-order valence-corrected chi connectivity index (χ3v) is 4.32. The van der Waals surface area contributed by atoms with Gasteiger partial charge < -0.3 is 18.8 Å². The van der Waals surface area contributed by atoms with Gasteiger partial charge in [-0.3, -0.25) is 4.79 Å². The molecule has 0 saturated heterocycles. The molecule has 2 heterocycles. The van der Waals surface area contributed by atoms with Crippen LogP contribution in [0, 0.1) is 0 Å². The molecule has 6 nitrogen and oxygen atoms in total. The largest absolute Gasteiger partial charge is 0.486 e. The van der Waals surface area contributed by atoms with Gasteiger partial charge in [0.25, 0.3) is 0 Å². The summed E-state index contributed by atoms with van der Waals surface area (Å²) in [7, 11) is 1.86. The standard InChI is InChI=1S/C20H17NO5/c1-21-11-15(14-4-2-3-5-16(14)21)20(23)26-12-17(22)13-6-7-18-19(10-13)25-9-8-24-18/h2-7,10-11H,8-9,12H2,1H3. The number of rotatable bonds is 4. The second-order valence-electron chi connectivity index (χ2n) is 6.03. The van der Waals surface area contributed by atoms with Crippen molar-refractivity contribution in [1.29, 1.82) is 0 Å². The minimum Gasteiger partial charge on any atom is -0.486 e. The first-order valence-corrected chi connectivity index (χ1v) is 8.27. The van der Waals surface area contributed by atoms with E-state index in [1.165, 1.54) is 0 Å². The zero-order chi connectivity index (χ0) is 18.1. The Kier molecular flexibility index (Phi) is 4.08. The SMILES string of the molecule is Cn1cc(C(=O)OCC(=O)c2ccc3c(c2)OCCO3)c2ccccc21. The van der Waals surface area contributed by atoms with E-state index in [1.54, 1.807) is 24.4 Å². The van der Waals surface area contributed by atoms with Crippen molar-refractivity contribution in [2.24, 2.45) is 7.05 Å². The van der Waals surface area contributed by atoms with Crippen molar-refractivity contribution in [1.82, 2.24) is 4.57 Å². The number of Topliss-reactive ketones (excluding diaryl/α,β-unsaturated/α-hetero) is 1. The molecule has 3 aromatic rings. The van der Waals surface area contributed by atoms with Crippen LogP contribution < -0.4 is 9.47 Å². The van der Waals surface area contributed by atoms with E-state index in [-0.39, 0.29) is 12.4 Å². The zero-order valence-corrected chi connectivity index (χ0v) is 14.2. The van der Waals surface area contributed by atoms with E-state index < -0.39 is 5.97 Å². The van der Waals surface area contributed by atoms with Crippen molar-refractivity contribution in [2.45, 2.75) is 0 Å². The number of fused-ring (bicyclic) bond motifs is 2. The quantitative estimate of drug-likeness (QED) is 0.534. The van der Waals surface area contributed by atoms with E-state index in [4.69, 9.17) is 14.2 Å². The molecule has 132 valence electrons. The zero-order valence-electron chi connectivity index (χ0n) is 14.2. The molecule has 0 fully saturated rings. The Balaban J connectivity index is 1.48. The summed E-state index contributed by atoms with van der Waals surface area (Å²) < 4.78 is 18.0. The van der Waals surface area contributed by atoms with Gasteiger partial charge in [-0.1, -0.05) is 18.2 Å². The molecule has 2 aromatic carbocycles. The normalized spacial score (nSPS) is 12.8. The Morgan fingerprint density at radius 2 is 1.85 bits per heavy atom. The molecule has 0 atom stereocenters. The Labute approximate surface area is 149 Å². The number of benzene rings is 2. The van der Waals surface area contributed by atoms with E-state index in [2.05, 4.69) is 0 Å². The van der Waals surface area contributed by atoms with E-state index in [9.17, 15) is 9.59 Å². The van der Waals surface area contributed by atoms with Gasteiger partial charge in [-0.25, -0.2) is 4.79 Å². The summed E-state index contributed by atoms with van der Waals surface area (Å²) in [5.41, 5.74) is 1.79. The predicted molar refractivity (Wildman–Crippen MR) is 95.0 cm³/mol. The van der Waals surface area contributed by atoms with Gasteiger partial charge in [0.15, 0.2) is 23.9 Å². The van der Waals surface area contributed by atoms with Crippen LogP contribution in [0.3, 0.4) is 0 Å².